The van der Waals surface area contributed by atoms with E-state index < -0.39 is 11.6 Å². The van der Waals surface area contributed by atoms with Crippen molar-refractivity contribution in [1.82, 2.24) is 4.98 Å². The van der Waals surface area contributed by atoms with Crippen LogP contribution in [0.15, 0.2) is 42.5 Å². The highest BCUT2D eigenvalue weighted by atomic mass is 32.1. The van der Waals surface area contributed by atoms with E-state index in [-0.39, 0.29) is 0 Å². The second kappa shape index (κ2) is 4.93. The molecular formula is C14H10F2N2S. The van der Waals surface area contributed by atoms with Gasteiger partial charge in [-0.05, 0) is 24.3 Å². The third kappa shape index (κ3) is 2.56. The van der Waals surface area contributed by atoms with Crippen molar-refractivity contribution < 1.29 is 8.78 Å². The van der Waals surface area contributed by atoms with E-state index in [0.717, 1.165) is 27.4 Å². The molecule has 0 atom stereocenters. The zero-order valence-corrected chi connectivity index (χ0v) is 10.7. The number of nitrogens with zero attached hydrogens (tertiary/aromatic N) is 1. The van der Waals surface area contributed by atoms with Crippen molar-refractivity contribution in [2.45, 2.75) is 6.54 Å². The Morgan fingerprint density at radius 1 is 1.05 bits per heavy atom. The molecule has 0 aliphatic rings. The lowest BCUT2D eigenvalue weighted by molar-refractivity contribution is 0.509. The molecule has 19 heavy (non-hydrogen) atoms. The quantitative estimate of drug-likeness (QED) is 0.776. The molecule has 0 bridgehead atoms. The Hall–Kier alpha value is -2.01. The van der Waals surface area contributed by atoms with E-state index >= 15 is 0 Å². The molecule has 1 aromatic heterocycles. The van der Waals surface area contributed by atoms with E-state index in [4.69, 9.17) is 0 Å². The first kappa shape index (κ1) is 12.0. The topological polar surface area (TPSA) is 24.9 Å². The fourth-order valence-electron chi connectivity index (χ4n) is 1.78. The standard InChI is InChI=1S/C14H10F2N2S/c15-10-6-5-9(7-11(10)16)17-8-14-18-12-3-1-2-4-13(12)19-14/h1-7,17H,8H2. The van der Waals surface area contributed by atoms with Crippen LogP contribution >= 0.6 is 11.3 Å². The molecule has 0 saturated carbocycles. The number of fused-ring (bicyclic) bond motifs is 1. The Balaban J connectivity index is 1.76. The van der Waals surface area contributed by atoms with Crippen LogP contribution in [0.2, 0.25) is 0 Å². The summed E-state index contributed by atoms with van der Waals surface area (Å²) in [6.45, 7) is 0.490. The van der Waals surface area contributed by atoms with Gasteiger partial charge in [0.15, 0.2) is 11.6 Å². The molecule has 0 saturated heterocycles. The molecule has 0 radical (unpaired) electrons. The molecule has 3 rings (SSSR count). The summed E-state index contributed by atoms with van der Waals surface area (Å²) in [6, 6.07) is 11.6. The number of aromatic nitrogens is 1. The molecule has 0 aliphatic heterocycles. The number of hydrogen-bond acceptors (Lipinski definition) is 3. The van der Waals surface area contributed by atoms with Crippen molar-refractivity contribution in [3.63, 3.8) is 0 Å². The van der Waals surface area contributed by atoms with Crippen LogP contribution in [0.3, 0.4) is 0 Å². The highest BCUT2D eigenvalue weighted by molar-refractivity contribution is 7.18. The molecule has 0 aliphatic carbocycles. The fraction of sp³-hybridized carbons (Fsp3) is 0.0714. The number of hydrogen-bond donors (Lipinski definition) is 1. The second-order valence-corrected chi connectivity index (χ2v) is 5.17. The molecule has 1 N–H and O–H groups in total. The Morgan fingerprint density at radius 2 is 1.89 bits per heavy atom. The predicted molar refractivity (Wildman–Crippen MR) is 73.3 cm³/mol. The zero-order chi connectivity index (χ0) is 13.2. The van der Waals surface area contributed by atoms with Gasteiger partial charge in [0.2, 0.25) is 0 Å². The molecule has 96 valence electrons. The van der Waals surface area contributed by atoms with Gasteiger partial charge in [-0.25, -0.2) is 13.8 Å². The minimum atomic E-state index is -0.853. The molecule has 0 amide bonds. The lowest BCUT2D eigenvalue weighted by atomic mass is 10.3. The number of thiazole rings is 1. The smallest absolute Gasteiger partial charge is 0.160 e. The number of halogens is 2. The summed E-state index contributed by atoms with van der Waals surface area (Å²) in [5, 5.41) is 3.94. The van der Waals surface area contributed by atoms with Crippen molar-refractivity contribution >= 4 is 27.2 Å². The first-order chi connectivity index (χ1) is 9.22. The van der Waals surface area contributed by atoms with E-state index in [0.29, 0.717) is 12.2 Å². The van der Waals surface area contributed by atoms with Crippen molar-refractivity contribution in [2.24, 2.45) is 0 Å². The molecule has 3 aromatic rings. The lowest BCUT2D eigenvalue weighted by Crippen LogP contribution is -1.99. The first-order valence-electron chi connectivity index (χ1n) is 5.76. The lowest BCUT2D eigenvalue weighted by Gasteiger charge is -2.04. The third-order valence-electron chi connectivity index (χ3n) is 2.70. The summed E-state index contributed by atoms with van der Waals surface area (Å²) < 4.78 is 26.9. The van der Waals surface area contributed by atoms with Crippen LogP contribution in [0, 0.1) is 11.6 Å². The molecule has 0 fully saturated rings. The maximum Gasteiger partial charge on any atom is 0.160 e. The highest BCUT2D eigenvalue weighted by Crippen LogP contribution is 2.22. The summed E-state index contributed by atoms with van der Waals surface area (Å²) >= 11 is 1.58. The van der Waals surface area contributed by atoms with Crippen LogP contribution in [0.25, 0.3) is 10.2 Å². The SMILES string of the molecule is Fc1ccc(NCc2nc3ccccc3s2)cc1F. The number of para-hydroxylation sites is 1. The number of benzene rings is 2. The van der Waals surface area contributed by atoms with Crippen LogP contribution in [0.5, 0.6) is 0 Å². The van der Waals surface area contributed by atoms with Crippen LogP contribution in [-0.2, 0) is 6.54 Å². The van der Waals surface area contributed by atoms with Gasteiger partial charge in [-0.3, -0.25) is 0 Å². The van der Waals surface area contributed by atoms with E-state index in [1.54, 1.807) is 11.3 Å². The van der Waals surface area contributed by atoms with E-state index in [9.17, 15) is 8.78 Å². The fourth-order valence-corrected chi connectivity index (χ4v) is 2.69. The van der Waals surface area contributed by atoms with Gasteiger partial charge in [0.05, 0.1) is 16.8 Å². The summed E-state index contributed by atoms with van der Waals surface area (Å²) in [7, 11) is 0. The monoisotopic (exact) mass is 276 g/mol. The van der Waals surface area contributed by atoms with Gasteiger partial charge in [-0.15, -0.1) is 11.3 Å². The summed E-state index contributed by atoms with van der Waals surface area (Å²) in [4.78, 5) is 4.46. The molecular weight excluding hydrogens is 266 g/mol. The number of anilines is 1. The number of nitrogens with one attached hydrogen (secondary N) is 1. The molecule has 2 nitrogen and oxygen atoms in total. The highest BCUT2D eigenvalue weighted by Gasteiger charge is 2.05. The van der Waals surface area contributed by atoms with Crippen LogP contribution in [-0.4, -0.2) is 4.98 Å². The maximum absolute atomic E-state index is 13.0. The molecule has 0 spiro atoms. The Labute approximate surface area is 112 Å². The van der Waals surface area contributed by atoms with Gasteiger partial charge in [0, 0.05) is 11.8 Å². The molecule has 0 unspecified atom stereocenters. The van der Waals surface area contributed by atoms with Crippen LogP contribution < -0.4 is 5.32 Å². The molecule has 5 heteroatoms. The second-order valence-electron chi connectivity index (χ2n) is 4.06. The average Bonchev–Trinajstić information content (AvgIpc) is 2.83. The molecule has 1 heterocycles. The van der Waals surface area contributed by atoms with E-state index in [1.165, 1.54) is 6.07 Å². The van der Waals surface area contributed by atoms with Gasteiger partial charge in [-0.1, -0.05) is 12.1 Å². The van der Waals surface area contributed by atoms with Crippen molar-refractivity contribution in [2.75, 3.05) is 5.32 Å². The largest absolute Gasteiger partial charge is 0.378 e. The third-order valence-corrected chi connectivity index (χ3v) is 3.74. The van der Waals surface area contributed by atoms with Crippen LogP contribution in [0.1, 0.15) is 5.01 Å². The van der Waals surface area contributed by atoms with Crippen molar-refractivity contribution in [3.05, 3.63) is 59.1 Å². The summed E-state index contributed by atoms with van der Waals surface area (Å²) in [5.41, 5.74) is 1.49. The van der Waals surface area contributed by atoms with Crippen molar-refractivity contribution in [3.8, 4) is 0 Å². The van der Waals surface area contributed by atoms with E-state index in [2.05, 4.69) is 10.3 Å². The molecule has 2 aromatic carbocycles. The van der Waals surface area contributed by atoms with E-state index in [1.807, 2.05) is 24.3 Å². The van der Waals surface area contributed by atoms with Crippen molar-refractivity contribution in [1.29, 1.82) is 0 Å². The van der Waals surface area contributed by atoms with Gasteiger partial charge >= 0.3 is 0 Å². The predicted octanol–water partition coefficient (Wildman–Crippen LogP) is 4.19. The van der Waals surface area contributed by atoms with Gasteiger partial charge < -0.3 is 5.32 Å². The Bertz CT molecular complexity index is 691. The Morgan fingerprint density at radius 3 is 2.68 bits per heavy atom. The minimum absolute atomic E-state index is 0.490. The van der Waals surface area contributed by atoms with Gasteiger partial charge in [-0.2, -0.15) is 0 Å². The minimum Gasteiger partial charge on any atom is -0.378 e. The maximum atomic E-state index is 13.0. The van der Waals surface area contributed by atoms with Gasteiger partial charge in [0.25, 0.3) is 0 Å². The number of rotatable bonds is 3. The summed E-state index contributed by atoms with van der Waals surface area (Å²) in [6.07, 6.45) is 0. The normalized spacial score (nSPS) is 10.8. The van der Waals surface area contributed by atoms with Crippen LogP contribution in [0.4, 0.5) is 14.5 Å². The summed E-state index contributed by atoms with van der Waals surface area (Å²) in [5.74, 6) is -1.69. The Kier molecular flexibility index (Phi) is 3.13. The first-order valence-corrected chi connectivity index (χ1v) is 6.57. The zero-order valence-electron chi connectivity index (χ0n) is 9.86. The average molecular weight is 276 g/mol. The van der Waals surface area contributed by atoms with Gasteiger partial charge in [0.1, 0.15) is 5.01 Å².